The maximum atomic E-state index is 13.1. The number of sulfonamides is 1. The second-order valence-electron chi connectivity index (χ2n) is 6.60. The van der Waals surface area contributed by atoms with Crippen molar-refractivity contribution >= 4 is 49.1 Å². The fourth-order valence-electron chi connectivity index (χ4n) is 3.13. The van der Waals surface area contributed by atoms with Crippen molar-refractivity contribution in [2.24, 2.45) is 0 Å². The molecule has 3 rings (SSSR count). The number of para-hydroxylation sites is 2. The van der Waals surface area contributed by atoms with Crippen molar-refractivity contribution in [1.29, 1.82) is 0 Å². The van der Waals surface area contributed by atoms with E-state index in [0.717, 1.165) is 4.31 Å². The average molecular weight is 466 g/mol. The summed E-state index contributed by atoms with van der Waals surface area (Å²) in [6, 6.07) is 12.9. The van der Waals surface area contributed by atoms with E-state index in [1.807, 2.05) is 0 Å². The predicted octanol–water partition coefficient (Wildman–Crippen LogP) is 2.83. The Morgan fingerprint density at radius 1 is 1.25 bits per heavy atom. The first-order valence-electron chi connectivity index (χ1n) is 8.63. The first-order valence-corrected chi connectivity index (χ1v) is 10.9. The molecule has 0 fully saturated rings. The van der Waals surface area contributed by atoms with E-state index >= 15 is 0 Å². The van der Waals surface area contributed by atoms with Gasteiger partial charge in [-0.15, -0.1) is 0 Å². The monoisotopic (exact) mass is 465 g/mol. The number of carbonyl (C=O) groups is 2. The molecule has 2 aromatic carbocycles. The second-order valence-corrected chi connectivity index (χ2v) is 9.56. The van der Waals surface area contributed by atoms with Gasteiger partial charge in [-0.3, -0.25) is 9.59 Å². The van der Waals surface area contributed by atoms with Crippen LogP contribution in [-0.2, 0) is 19.6 Å². The molecule has 0 aromatic heterocycles. The summed E-state index contributed by atoms with van der Waals surface area (Å²) >= 11 is 3.26. The first kappa shape index (κ1) is 20.5. The van der Waals surface area contributed by atoms with Crippen molar-refractivity contribution in [3.05, 3.63) is 53.0 Å². The number of likely N-dealkylation sites (N-methyl/N-ethyl adjacent to an activating group) is 1. The van der Waals surface area contributed by atoms with Gasteiger partial charge in [-0.1, -0.05) is 34.1 Å². The van der Waals surface area contributed by atoms with Gasteiger partial charge in [-0.25, -0.2) is 8.42 Å². The van der Waals surface area contributed by atoms with Crippen LogP contribution in [0.4, 0.5) is 11.4 Å². The van der Waals surface area contributed by atoms with E-state index < -0.39 is 22.0 Å². The number of nitrogens with one attached hydrogen (secondary N) is 1. The zero-order chi connectivity index (χ0) is 20.5. The molecule has 0 saturated heterocycles. The number of nitrogens with zero attached hydrogens (tertiary/aromatic N) is 2. The number of carbonyl (C=O) groups excluding carboxylic acids is 2. The van der Waals surface area contributed by atoms with Gasteiger partial charge in [0.2, 0.25) is 21.8 Å². The minimum atomic E-state index is -3.84. The topological polar surface area (TPSA) is 86.8 Å². The highest BCUT2D eigenvalue weighted by atomic mass is 79.9. The molecular weight excluding hydrogens is 446 g/mol. The number of hydrogen-bond donors (Lipinski definition) is 1. The summed E-state index contributed by atoms with van der Waals surface area (Å²) in [7, 11) is -2.47. The van der Waals surface area contributed by atoms with Crippen LogP contribution in [0.2, 0.25) is 0 Å². The van der Waals surface area contributed by atoms with E-state index in [1.54, 1.807) is 43.3 Å². The third-order valence-corrected chi connectivity index (χ3v) is 6.78. The molecular formula is C19H20BrN3O4S. The van der Waals surface area contributed by atoms with Crippen LogP contribution < -0.4 is 10.2 Å². The van der Waals surface area contributed by atoms with Crippen molar-refractivity contribution in [2.75, 3.05) is 23.8 Å². The normalized spacial score (nSPS) is 17.1. The molecule has 2 amide bonds. The summed E-state index contributed by atoms with van der Waals surface area (Å²) in [5.74, 6) is -0.595. The fourth-order valence-corrected chi connectivity index (χ4v) is 4.84. The second kappa shape index (κ2) is 8.02. The van der Waals surface area contributed by atoms with Gasteiger partial charge in [0, 0.05) is 24.0 Å². The van der Waals surface area contributed by atoms with Crippen LogP contribution in [0.1, 0.15) is 13.3 Å². The third-order valence-electron chi connectivity index (χ3n) is 4.49. The van der Waals surface area contributed by atoms with E-state index in [0.29, 0.717) is 15.8 Å². The van der Waals surface area contributed by atoms with E-state index in [4.69, 9.17) is 0 Å². The Balaban J connectivity index is 1.88. The van der Waals surface area contributed by atoms with E-state index in [-0.39, 0.29) is 23.8 Å². The van der Waals surface area contributed by atoms with Gasteiger partial charge in [0.25, 0.3) is 0 Å². The van der Waals surface area contributed by atoms with Crippen molar-refractivity contribution in [2.45, 2.75) is 24.3 Å². The van der Waals surface area contributed by atoms with Crippen molar-refractivity contribution in [3.63, 3.8) is 0 Å². The minimum absolute atomic E-state index is 0.0957. The van der Waals surface area contributed by atoms with Crippen molar-refractivity contribution in [3.8, 4) is 0 Å². The number of rotatable bonds is 4. The zero-order valence-corrected chi connectivity index (χ0v) is 17.8. The molecule has 1 aliphatic rings. The summed E-state index contributed by atoms with van der Waals surface area (Å²) in [5.41, 5.74) is 1.09. The van der Waals surface area contributed by atoms with Gasteiger partial charge in [-0.05, 0) is 37.3 Å². The molecule has 1 unspecified atom stereocenters. The molecule has 0 radical (unpaired) electrons. The number of fused-ring (bicyclic) bond motifs is 1. The molecule has 7 nitrogen and oxygen atoms in total. The fraction of sp³-hybridized carbons (Fsp3) is 0.263. The Bertz CT molecular complexity index is 1030. The van der Waals surface area contributed by atoms with E-state index in [9.17, 15) is 18.0 Å². The third kappa shape index (κ3) is 4.11. The van der Waals surface area contributed by atoms with E-state index in [2.05, 4.69) is 21.2 Å². The van der Waals surface area contributed by atoms with Crippen molar-refractivity contribution in [1.82, 2.24) is 4.31 Å². The van der Waals surface area contributed by atoms with Crippen LogP contribution in [0.15, 0.2) is 57.9 Å². The zero-order valence-electron chi connectivity index (χ0n) is 15.4. The summed E-state index contributed by atoms with van der Waals surface area (Å²) in [4.78, 5) is 26.7. The van der Waals surface area contributed by atoms with Crippen LogP contribution >= 0.6 is 15.9 Å². The molecule has 28 heavy (non-hydrogen) atoms. The highest BCUT2D eigenvalue weighted by Gasteiger charge is 2.32. The summed E-state index contributed by atoms with van der Waals surface area (Å²) in [5, 5.41) is 2.78. The summed E-state index contributed by atoms with van der Waals surface area (Å²) < 4.78 is 27.3. The summed E-state index contributed by atoms with van der Waals surface area (Å²) in [6.07, 6.45) is 0.127. The van der Waals surface area contributed by atoms with Gasteiger partial charge < -0.3 is 10.2 Å². The van der Waals surface area contributed by atoms with Gasteiger partial charge in [0.05, 0.1) is 22.8 Å². The van der Waals surface area contributed by atoms with Crippen LogP contribution in [0, 0.1) is 0 Å². The maximum Gasteiger partial charge on any atom is 0.243 e. The molecule has 1 aliphatic heterocycles. The smallest absolute Gasteiger partial charge is 0.243 e. The Morgan fingerprint density at radius 3 is 2.68 bits per heavy atom. The number of halogens is 1. The largest absolute Gasteiger partial charge is 0.324 e. The molecule has 0 spiro atoms. The lowest BCUT2D eigenvalue weighted by Crippen LogP contribution is -2.45. The number of benzene rings is 2. The number of amides is 2. The maximum absolute atomic E-state index is 13.1. The number of hydrogen-bond acceptors (Lipinski definition) is 4. The van der Waals surface area contributed by atoms with Gasteiger partial charge in [-0.2, -0.15) is 4.31 Å². The quantitative estimate of drug-likeness (QED) is 0.751. The highest BCUT2D eigenvalue weighted by molar-refractivity contribution is 9.10. The Labute approximate surface area is 172 Å². The van der Waals surface area contributed by atoms with Gasteiger partial charge in [0.15, 0.2) is 0 Å². The average Bonchev–Trinajstić information content (AvgIpc) is 2.75. The molecule has 1 atom stereocenters. The van der Waals surface area contributed by atoms with Crippen LogP contribution in [-0.4, -0.2) is 44.2 Å². The van der Waals surface area contributed by atoms with E-state index in [1.165, 1.54) is 24.1 Å². The lowest BCUT2D eigenvalue weighted by molar-refractivity contribution is -0.119. The van der Waals surface area contributed by atoms with Crippen molar-refractivity contribution < 1.29 is 18.0 Å². The Morgan fingerprint density at radius 2 is 1.96 bits per heavy atom. The minimum Gasteiger partial charge on any atom is -0.324 e. The van der Waals surface area contributed by atoms with Crippen LogP contribution in [0.5, 0.6) is 0 Å². The van der Waals surface area contributed by atoms with Crippen LogP contribution in [0.3, 0.4) is 0 Å². The predicted molar refractivity (Wildman–Crippen MR) is 111 cm³/mol. The van der Waals surface area contributed by atoms with Gasteiger partial charge >= 0.3 is 0 Å². The molecule has 0 aliphatic carbocycles. The molecule has 1 N–H and O–H groups in total. The molecule has 9 heteroatoms. The first-order chi connectivity index (χ1) is 13.2. The standard InChI is InChI=1S/C19H20BrN3O4S/c1-13-10-18(24)21-16-8-3-4-9-17(16)23(13)19(25)12-22(2)28(26,27)15-7-5-6-14(20)11-15/h3-9,11,13H,10,12H2,1-2H3,(H,21,24). The highest BCUT2D eigenvalue weighted by Crippen LogP contribution is 2.31. The van der Waals surface area contributed by atoms with Crippen LogP contribution in [0.25, 0.3) is 0 Å². The lowest BCUT2D eigenvalue weighted by atomic mass is 10.1. The molecule has 1 heterocycles. The number of anilines is 2. The molecule has 148 valence electrons. The SMILES string of the molecule is CC1CC(=O)Nc2ccccc2N1C(=O)CN(C)S(=O)(=O)c1cccc(Br)c1. The molecule has 2 aromatic rings. The molecule has 0 bridgehead atoms. The summed E-state index contributed by atoms with van der Waals surface area (Å²) in [6.45, 7) is 1.42. The molecule has 0 saturated carbocycles. The lowest BCUT2D eigenvalue weighted by Gasteiger charge is -2.29. The Hall–Kier alpha value is -2.23. The Kier molecular flexibility index (Phi) is 5.87. The van der Waals surface area contributed by atoms with Gasteiger partial charge in [0.1, 0.15) is 0 Å².